The largest absolute Gasteiger partial charge is 0.461 e. The Hall–Kier alpha value is -2.56. The normalized spacial score (nSPS) is 18.0. The summed E-state index contributed by atoms with van der Waals surface area (Å²) in [6.07, 6.45) is 5.02. The topological polar surface area (TPSA) is 76.1 Å². The van der Waals surface area contributed by atoms with Crippen molar-refractivity contribution in [1.29, 1.82) is 0 Å². The van der Waals surface area contributed by atoms with Gasteiger partial charge >= 0.3 is 5.97 Å². The lowest BCUT2D eigenvalue weighted by Crippen LogP contribution is -2.40. The van der Waals surface area contributed by atoms with Gasteiger partial charge in [0.25, 0.3) is 0 Å². The molecule has 0 aliphatic carbocycles. The Bertz CT molecular complexity index is 1170. The van der Waals surface area contributed by atoms with E-state index in [1.807, 2.05) is 41.5 Å². The number of sulfonamides is 1. The summed E-state index contributed by atoms with van der Waals surface area (Å²) in [6, 6.07) is 12.5. The molecule has 1 aliphatic heterocycles. The Labute approximate surface area is 210 Å². The number of benzene rings is 2. The summed E-state index contributed by atoms with van der Waals surface area (Å²) in [5.74, 6) is -2.22. The van der Waals surface area contributed by atoms with Crippen molar-refractivity contribution < 1.29 is 27.1 Å². The summed E-state index contributed by atoms with van der Waals surface area (Å²) in [6.45, 7) is 4.15. The molecule has 0 radical (unpaired) electrons. The quantitative estimate of drug-likeness (QED) is 0.186. The number of ether oxygens (including phenoxy) is 2. The number of carbonyl (C=O) groups excluding carboxylic acids is 1. The van der Waals surface area contributed by atoms with Gasteiger partial charge < -0.3 is 14.4 Å². The molecule has 0 amide bonds. The first-order valence-electron chi connectivity index (χ1n) is 11.5. The Morgan fingerprint density at radius 2 is 1.94 bits per heavy atom. The van der Waals surface area contributed by atoms with Gasteiger partial charge in [0, 0.05) is 31.4 Å². The Kier molecular flexibility index (Phi) is 9.21. The van der Waals surface area contributed by atoms with Crippen molar-refractivity contribution in [3.8, 4) is 5.75 Å². The van der Waals surface area contributed by atoms with Crippen LogP contribution in [0.1, 0.15) is 33.1 Å². The van der Waals surface area contributed by atoms with Gasteiger partial charge in [-0.05, 0) is 37.8 Å². The van der Waals surface area contributed by atoms with E-state index in [2.05, 4.69) is 11.7 Å². The van der Waals surface area contributed by atoms with Gasteiger partial charge in [-0.25, -0.2) is 13.2 Å². The van der Waals surface area contributed by atoms with E-state index in [0.29, 0.717) is 23.4 Å². The van der Waals surface area contributed by atoms with Crippen LogP contribution in [0.3, 0.4) is 0 Å². The Morgan fingerprint density at radius 1 is 1.23 bits per heavy atom. The van der Waals surface area contributed by atoms with Crippen molar-refractivity contribution in [3.05, 3.63) is 54.6 Å². The minimum Gasteiger partial charge on any atom is -0.461 e. The zero-order valence-electron chi connectivity index (χ0n) is 20.4. The SMILES string of the molecule is CCCC[C@@H]1CN(c2ccccc2)c2cc(SC)c(O/C=C(\F)C(=O)OCC)cc2S(=O)(=O)N1C. The van der Waals surface area contributed by atoms with Crippen LogP contribution in [0.2, 0.25) is 0 Å². The van der Waals surface area contributed by atoms with Crippen molar-refractivity contribution in [2.24, 2.45) is 0 Å². The van der Waals surface area contributed by atoms with Crippen molar-refractivity contribution in [1.82, 2.24) is 4.31 Å². The summed E-state index contributed by atoms with van der Waals surface area (Å²) in [5, 5.41) is 0. The van der Waals surface area contributed by atoms with Gasteiger partial charge in [-0.2, -0.15) is 8.70 Å². The fraction of sp³-hybridized carbons (Fsp3) is 0.400. The summed E-state index contributed by atoms with van der Waals surface area (Å²) in [7, 11) is -2.30. The highest BCUT2D eigenvalue weighted by molar-refractivity contribution is 7.98. The van der Waals surface area contributed by atoms with Gasteiger partial charge in [-0.3, -0.25) is 0 Å². The maximum absolute atomic E-state index is 14.1. The lowest BCUT2D eigenvalue weighted by Gasteiger charge is -2.29. The van der Waals surface area contributed by atoms with E-state index in [4.69, 9.17) is 4.74 Å². The maximum Gasteiger partial charge on any atom is 0.370 e. The van der Waals surface area contributed by atoms with Crippen LogP contribution < -0.4 is 9.64 Å². The third-order valence-corrected chi connectivity index (χ3v) is 8.52. The van der Waals surface area contributed by atoms with Crippen molar-refractivity contribution in [2.75, 3.05) is 31.4 Å². The van der Waals surface area contributed by atoms with E-state index in [0.717, 1.165) is 24.9 Å². The van der Waals surface area contributed by atoms with E-state index in [1.165, 1.54) is 22.1 Å². The summed E-state index contributed by atoms with van der Waals surface area (Å²) in [4.78, 5) is 14.3. The first-order chi connectivity index (χ1) is 16.7. The predicted molar refractivity (Wildman–Crippen MR) is 136 cm³/mol. The lowest BCUT2D eigenvalue weighted by atomic mass is 10.1. The molecule has 190 valence electrons. The Morgan fingerprint density at radius 3 is 2.57 bits per heavy atom. The third kappa shape index (κ3) is 5.99. The van der Waals surface area contributed by atoms with Crippen molar-refractivity contribution in [2.45, 2.75) is 48.9 Å². The average molecular weight is 523 g/mol. The molecule has 1 atom stereocenters. The first-order valence-corrected chi connectivity index (χ1v) is 14.1. The minimum absolute atomic E-state index is 0.0219. The average Bonchev–Trinajstić information content (AvgIpc) is 2.94. The molecule has 0 aromatic heterocycles. The molecule has 0 bridgehead atoms. The number of thioether (sulfide) groups is 1. The monoisotopic (exact) mass is 522 g/mol. The van der Waals surface area contributed by atoms with Crippen LogP contribution >= 0.6 is 11.8 Å². The molecule has 2 aromatic rings. The fourth-order valence-corrected chi connectivity index (χ4v) is 6.01. The van der Waals surface area contributed by atoms with Crippen LogP contribution in [0.15, 0.2) is 64.3 Å². The summed E-state index contributed by atoms with van der Waals surface area (Å²) >= 11 is 1.33. The van der Waals surface area contributed by atoms with Gasteiger partial charge in [0.1, 0.15) is 16.9 Å². The molecule has 1 heterocycles. The molecule has 1 aliphatic rings. The first kappa shape index (κ1) is 27.0. The van der Waals surface area contributed by atoms with Gasteiger partial charge in [-0.15, -0.1) is 11.8 Å². The molecule has 7 nitrogen and oxygen atoms in total. The van der Waals surface area contributed by atoms with E-state index >= 15 is 0 Å². The second kappa shape index (κ2) is 11.9. The number of nitrogens with zero attached hydrogens (tertiary/aromatic N) is 2. The van der Waals surface area contributed by atoms with Gasteiger partial charge in [-0.1, -0.05) is 38.0 Å². The number of fused-ring (bicyclic) bond motifs is 1. The molecule has 10 heteroatoms. The molecular weight excluding hydrogens is 491 g/mol. The number of rotatable bonds is 9. The van der Waals surface area contributed by atoms with Crippen LogP contribution in [-0.4, -0.2) is 51.2 Å². The molecule has 0 spiro atoms. The van der Waals surface area contributed by atoms with Crippen LogP contribution in [0.25, 0.3) is 0 Å². The molecule has 2 aromatic carbocycles. The summed E-state index contributed by atoms with van der Waals surface area (Å²) in [5.41, 5.74) is 1.39. The highest BCUT2D eigenvalue weighted by Gasteiger charge is 2.37. The Balaban J connectivity index is 2.16. The molecule has 0 saturated carbocycles. The highest BCUT2D eigenvalue weighted by Crippen LogP contribution is 2.43. The second-order valence-electron chi connectivity index (χ2n) is 8.04. The van der Waals surface area contributed by atoms with Crippen LogP contribution in [-0.2, 0) is 19.6 Å². The number of esters is 1. The van der Waals surface area contributed by atoms with Crippen LogP contribution in [0.4, 0.5) is 15.8 Å². The van der Waals surface area contributed by atoms with Gasteiger partial charge in [0.15, 0.2) is 0 Å². The lowest BCUT2D eigenvalue weighted by molar-refractivity contribution is -0.140. The zero-order chi connectivity index (χ0) is 25.6. The number of para-hydroxylation sites is 1. The standard InChI is InChI=1S/C25H31FN2O5S2/c1-5-7-11-19-16-28(18-12-9-8-10-13-18)21-14-23(34-4)22(15-24(21)35(30,31)27(19)3)33-17-20(26)25(29)32-6-2/h8-10,12-15,17,19H,5-7,11,16H2,1-4H3/b20-17-/t19-/m1/s1. The fourth-order valence-electron chi connectivity index (χ4n) is 3.90. The number of hydrogen-bond donors (Lipinski definition) is 0. The number of likely N-dealkylation sites (N-methyl/N-ethyl adjacent to an activating group) is 1. The van der Waals surface area contributed by atoms with Crippen LogP contribution in [0.5, 0.6) is 5.75 Å². The zero-order valence-corrected chi connectivity index (χ0v) is 22.0. The number of halogens is 1. The smallest absolute Gasteiger partial charge is 0.370 e. The number of unbranched alkanes of at least 4 members (excludes halogenated alkanes) is 1. The number of anilines is 2. The summed E-state index contributed by atoms with van der Waals surface area (Å²) < 4.78 is 53.1. The molecule has 0 N–H and O–H groups in total. The third-order valence-electron chi connectivity index (χ3n) is 5.82. The molecule has 3 rings (SSSR count). The predicted octanol–water partition coefficient (Wildman–Crippen LogP) is 5.49. The second-order valence-corrected chi connectivity index (χ2v) is 10.9. The van der Waals surface area contributed by atoms with E-state index < -0.39 is 21.8 Å². The number of carbonyl (C=O) groups is 1. The molecule has 35 heavy (non-hydrogen) atoms. The van der Waals surface area contributed by atoms with E-state index in [1.54, 1.807) is 20.0 Å². The van der Waals surface area contributed by atoms with Crippen LogP contribution in [0, 0.1) is 0 Å². The van der Waals surface area contributed by atoms with E-state index in [-0.39, 0.29) is 23.3 Å². The number of hydrogen-bond acceptors (Lipinski definition) is 7. The molecular formula is C25H31FN2O5S2. The van der Waals surface area contributed by atoms with Crippen molar-refractivity contribution >= 4 is 39.1 Å². The maximum atomic E-state index is 14.1. The molecule has 0 unspecified atom stereocenters. The molecule has 0 fully saturated rings. The van der Waals surface area contributed by atoms with Gasteiger partial charge in [0.05, 0.1) is 17.2 Å². The minimum atomic E-state index is -3.89. The van der Waals surface area contributed by atoms with Gasteiger partial charge in [0.2, 0.25) is 15.9 Å². The van der Waals surface area contributed by atoms with E-state index in [9.17, 15) is 17.6 Å². The highest BCUT2D eigenvalue weighted by atomic mass is 32.2. The molecule has 0 saturated heterocycles. The van der Waals surface area contributed by atoms with Crippen molar-refractivity contribution in [3.63, 3.8) is 0 Å².